The van der Waals surface area contributed by atoms with Crippen molar-refractivity contribution in [2.45, 2.75) is 13.3 Å². The molecule has 0 saturated carbocycles. The number of benzene rings is 2. The molecule has 0 aliphatic carbocycles. The molecule has 0 aromatic heterocycles. The Morgan fingerprint density at radius 2 is 1.75 bits per heavy atom. The van der Waals surface area contributed by atoms with Gasteiger partial charge < -0.3 is 11.5 Å². The van der Waals surface area contributed by atoms with Gasteiger partial charge in [-0.3, -0.25) is 0 Å². The zero-order valence-corrected chi connectivity index (χ0v) is 12.3. The fourth-order valence-corrected chi connectivity index (χ4v) is 2.07. The lowest BCUT2D eigenvalue weighted by Crippen LogP contribution is -1.95. The summed E-state index contributed by atoms with van der Waals surface area (Å²) in [5.41, 5.74) is 16.0. The van der Waals surface area contributed by atoms with Crippen LogP contribution in [0.15, 0.2) is 48.5 Å². The minimum Gasteiger partial charge on any atom is -0.397 e. The van der Waals surface area contributed by atoms with E-state index in [1.54, 1.807) is 6.07 Å². The van der Waals surface area contributed by atoms with Gasteiger partial charge in [-0.2, -0.15) is 0 Å². The van der Waals surface area contributed by atoms with Gasteiger partial charge >= 0.3 is 0 Å². The van der Waals surface area contributed by atoms with E-state index in [9.17, 15) is 0 Å². The number of hydrogen-bond donors (Lipinski definition) is 2. The molecule has 2 aromatic carbocycles. The second-order valence-electron chi connectivity index (χ2n) is 4.64. The van der Waals surface area contributed by atoms with Crippen LogP contribution in [0.2, 0.25) is 0 Å². The van der Waals surface area contributed by atoms with Crippen LogP contribution in [0.25, 0.3) is 6.08 Å². The van der Waals surface area contributed by atoms with Crippen molar-refractivity contribution in [3.8, 4) is 0 Å². The topological polar surface area (TPSA) is 52.0 Å². The van der Waals surface area contributed by atoms with Crippen molar-refractivity contribution in [3.05, 3.63) is 65.2 Å². The lowest BCUT2D eigenvalue weighted by molar-refractivity contribution is 1.14. The first-order valence-electron chi connectivity index (χ1n) is 6.56. The van der Waals surface area contributed by atoms with Crippen LogP contribution in [0.4, 0.5) is 11.4 Å². The average molecular weight is 282 g/mol. The second kappa shape index (κ2) is 6.35. The Balaban J connectivity index is 2.13. The molecule has 0 atom stereocenters. The molecule has 4 N–H and O–H groups in total. The summed E-state index contributed by atoms with van der Waals surface area (Å²) < 4.78 is 0. The quantitative estimate of drug-likeness (QED) is 0.388. The van der Waals surface area contributed by atoms with Crippen molar-refractivity contribution < 1.29 is 0 Å². The minimum atomic E-state index is 0.588. The monoisotopic (exact) mass is 282 g/mol. The third kappa shape index (κ3) is 3.45. The number of thiocarbonyl (C=S) groups is 1. The van der Waals surface area contributed by atoms with Crippen LogP contribution in [0.3, 0.4) is 0 Å². The van der Waals surface area contributed by atoms with E-state index in [-0.39, 0.29) is 0 Å². The van der Waals surface area contributed by atoms with Gasteiger partial charge in [0.15, 0.2) is 0 Å². The van der Waals surface area contributed by atoms with Gasteiger partial charge in [-0.15, -0.1) is 0 Å². The lowest BCUT2D eigenvalue weighted by Gasteiger charge is -2.02. The summed E-state index contributed by atoms with van der Waals surface area (Å²) in [5, 5.41) is 0. The van der Waals surface area contributed by atoms with Gasteiger partial charge in [0, 0.05) is 4.86 Å². The number of nitrogen functional groups attached to an aromatic ring is 2. The number of allylic oxidation sites excluding steroid dienone is 1. The number of anilines is 2. The maximum absolute atomic E-state index is 5.78. The van der Waals surface area contributed by atoms with E-state index in [0.29, 0.717) is 11.4 Å². The van der Waals surface area contributed by atoms with Gasteiger partial charge in [0.2, 0.25) is 0 Å². The van der Waals surface area contributed by atoms with Crippen molar-refractivity contribution in [1.82, 2.24) is 0 Å². The summed E-state index contributed by atoms with van der Waals surface area (Å²) in [6, 6.07) is 13.9. The van der Waals surface area contributed by atoms with Crippen molar-refractivity contribution in [2.24, 2.45) is 0 Å². The molecule has 102 valence electrons. The van der Waals surface area contributed by atoms with E-state index in [1.165, 1.54) is 5.56 Å². The molecule has 2 nitrogen and oxygen atoms in total. The smallest absolute Gasteiger partial charge is 0.0553 e. The summed E-state index contributed by atoms with van der Waals surface area (Å²) in [5.74, 6) is 0. The zero-order valence-electron chi connectivity index (χ0n) is 11.5. The molecule has 0 fully saturated rings. The molecule has 0 saturated heterocycles. The molecule has 0 heterocycles. The molecule has 0 aliphatic rings. The molecule has 3 heteroatoms. The summed E-state index contributed by atoms with van der Waals surface area (Å²) in [6.45, 7) is 2.14. The van der Waals surface area contributed by atoms with Crippen LogP contribution in [0, 0.1) is 0 Å². The molecular weight excluding hydrogens is 264 g/mol. The standard InChI is InChI=1S/C17H18N2S/c1-2-12-3-7-14(8-4-12)17(20)10-6-13-5-9-15(18)16(19)11-13/h3-11H,2,18-19H2,1H3. The Bertz CT molecular complexity index is 643. The summed E-state index contributed by atoms with van der Waals surface area (Å²) in [4.78, 5) is 0.808. The molecule has 20 heavy (non-hydrogen) atoms. The molecule has 0 aliphatic heterocycles. The highest BCUT2D eigenvalue weighted by molar-refractivity contribution is 7.81. The molecule has 0 unspecified atom stereocenters. The number of hydrogen-bond acceptors (Lipinski definition) is 3. The average Bonchev–Trinajstić information content (AvgIpc) is 2.48. The molecule has 0 bridgehead atoms. The van der Waals surface area contributed by atoms with Crippen LogP contribution in [0.1, 0.15) is 23.6 Å². The largest absolute Gasteiger partial charge is 0.397 e. The lowest BCUT2D eigenvalue weighted by atomic mass is 10.1. The first-order valence-corrected chi connectivity index (χ1v) is 6.97. The first-order chi connectivity index (χ1) is 9.60. The summed E-state index contributed by atoms with van der Waals surface area (Å²) >= 11 is 5.42. The van der Waals surface area contributed by atoms with Crippen LogP contribution >= 0.6 is 12.2 Å². The van der Waals surface area contributed by atoms with E-state index >= 15 is 0 Å². The van der Waals surface area contributed by atoms with Gasteiger partial charge in [0.05, 0.1) is 11.4 Å². The van der Waals surface area contributed by atoms with Gasteiger partial charge in [-0.05, 0) is 41.3 Å². The molecule has 0 spiro atoms. The van der Waals surface area contributed by atoms with Crippen molar-refractivity contribution >= 4 is 34.5 Å². The molecule has 2 aromatic rings. The Morgan fingerprint density at radius 3 is 2.35 bits per heavy atom. The van der Waals surface area contributed by atoms with Crippen molar-refractivity contribution in [2.75, 3.05) is 11.5 Å². The van der Waals surface area contributed by atoms with Crippen molar-refractivity contribution in [1.29, 1.82) is 0 Å². The second-order valence-corrected chi connectivity index (χ2v) is 5.08. The third-order valence-corrected chi connectivity index (χ3v) is 3.56. The summed E-state index contributed by atoms with van der Waals surface area (Å²) in [6.07, 6.45) is 4.90. The van der Waals surface area contributed by atoms with E-state index in [0.717, 1.165) is 22.4 Å². The summed E-state index contributed by atoms with van der Waals surface area (Å²) in [7, 11) is 0. The SMILES string of the molecule is CCc1ccc(C(=S)C=Cc2ccc(N)c(N)c2)cc1. The van der Waals surface area contributed by atoms with E-state index in [2.05, 4.69) is 31.2 Å². The fraction of sp³-hybridized carbons (Fsp3) is 0.118. The highest BCUT2D eigenvalue weighted by Gasteiger charge is 1.98. The van der Waals surface area contributed by atoms with E-state index in [1.807, 2.05) is 24.3 Å². The number of aryl methyl sites for hydroxylation is 1. The Labute approximate surface area is 125 Å². The number of rotatable bonds is 4. The van der Waals surface area contributed by atoms with Gasteiger partial charge in [-0.25, -0.2) is 0 Å². The maximum Gasteiger partial charge on any atom is 0.0553 e. The van der Waals surface area contributed by atoms with Crippen LogP contribution in [-0.2, 0) is 6.42 Å². The van der Waals surface area contributed by atoms with E-state index < -0.39 is 0 Å². The van der Waals surface area contributed by atoms with Crippen LogP contribution in [0.5, 0.6) is 0 Å². The minimum absolute atomic E-state index is 0.588. The van der Waals surface area contributed by atoms with Gasteiger partial charge in [0.1, 0.15) is 0 Å². The highest BCUT2D eigenvalue weighted by atomic mass is 32.1. The molecular formula is C17H18N2S. The molecule has 0 amide bonds. The molecule has 2 rings (SSSR count). The molecule has 0 radical (unpaired) electrons. The number of nitrogens with two attached hydrogens (primary N) is 2. The van der Waals surface area contributed by atoms with Crippen molar-refractivity contribution in [3.63, 3.8) is 0 Å². The van der Waals surface area contributed by atoms with E-state index in [4.69, 9.17) is 23.7 Å². The first kappa shape index (κ1) is 14.3. The normalized spacial score (nSPS) is 10.8. The zero-order chi connectivity index (χ0) is 14.5. The maximum atomic E-state index is 5.78. The van der Waals surface area contributed by atoms with Gasteiger partial charge in [-0.1, -0.05) is 55.5 Å². The predicted octanol–water partition coefficient (Wildman–Crippen LogP) is 3.84. The highest BCUT2D eigenvalue weighted by Crippen LogP contribution is 2.17. The Hall–Kier alpha value is -2.13. The predicted molar refractivity (Wildman–Crippen MR) is 91.8 cm³/mol. The Kier molecular flexibility index (Phi) is 4.53. The fourth-order valence-electron chi connectivity index (χ4n) is 1.87. The van der Waals surface area contributed by atoms with Crippen LogP contribution < -0.4 is 11.5 Å². The van der Waals surface area contributed by atoms with Gasteiger partial charge in [0.25, 0.3) is 0 Å². The van der Waals surface area contributed by atoms with Crippen LogP contribution in [-0.4, -0.2) is 4.86 Å². The third-order valence-electron chi connectivity index (χ3n) is 3.18. The Morgan fingerprint density at radius 1 is 1.05 bits per heavy atom.